The number of pyridine rings is 1. The van der Waals surface area contributed by atoms with E-state index in [-0.39, 0.29) is 16.1 Å². The minimum absolute atomic E-state index is 0.0670. The van der Waals surface area contributed by atoms with Crippen molar-refractivity contribution in [3.63, 3.8) is 0 Å². The first-order valence-corrected chi connectivity index (χ1v) is 9.70. The fourth-order valence-electron chi connectivity index (χ4n) is 1.74. The molecule has 1 atom stereocenters. The summed E-state index contributed by atoms with van der Waals surface area (Å²) in [5, 5.41) is 2.54. The number of sulfonamides is 1. The zero-order valence-electron chi connectivity index (χ0n) is 13.5. The van der Waals surface area contributed by atoms with Gasteiger partial charge in [0.25, 0.3) is 0 Å². The summed E-state index contributed by atoms with van der Waals surface area (Å²) in [6.45, 7) is 7.22. The van der Waals surface area contributed by atoms with Gasteiger partial charge >= 0.3 is 0 Å². The van der Waals surface area contributed by atoms with Crippen LogP contribution in [0.3, 0.4) is 0 Å². The number of nitrogens with zero attached hydrogens (tertiary/aromatic N) is 1. The number of nitrogens with one attached hydrogen (secondary N) is 2. The first-order chi connectivity index (χ1) is 10.1. The van der Waals surface area contributed by atoms with Gasteiger partial charge in [0.15, 0.2) is 0 Å². The maximum absolute atomic E-state index is 12.1. The summed E-state index contributed by atoms with van der Waals surface area (Å²) in [5.41, 5.74) is -0.571. The van der Waals surface area contributed by atoms with Gasteiger partial charge in [-0.25, -0.2) is 18.1 Å². The predicted molar refractivity (Wildman–Crippen MR) is 90.5 cm³/mol. The highest BCUT2D eigenvalue weighted by molar-refractivity contribution is 7.99. The summed E-state index contributed by atoms with van der Waals surface area (Å²) >= 11 is 1.47. The van der Waals surface area contributed by atoms with E-state index in [4.69, 9.17) is 0 Å². The summed E-state index contributed by atoms with van der Waals surface area (Å²) < 4.78 is 26.8. The molecule has 8 heteroatoms. The summed E-state index contributed by atoms with van der Waals surface area (Å²) in [4.78, 5) is 16.0. The van der Waals surface area contributed by atoms with Crippen molar-refractivity contribution >= 4 is 33.5 Å². The number of thioether (sulfide) groups is 1. The lowest BCUT2D eigenvalue weighted by Crippen LogP contribution is -2.40. The molecule has 0 bridgehead atoms. The van der Waals surface area contributed by atoms with Gasteiger partial charge in [0.1, 0.15) is 10.7 Å². The Labute approximate surface area is 136 Å². The van der Waals surface area contributed by atoms with E-state index >= 15 is 0 Å². The van der Waals surface area contributed by atoms with Crippen LogP contribution in [0.1, 0.15) is 34.1 Å². The molecule has 2 N–H and O–H groups in total. The number of aromatic nitrogens is 1. The minimum Gasteiger partial charge on any atom is -0.310 e. The van der Waals surface area contributed by atoms with E-state index in [9.17, 15) is 13.2 Å². The zero-order chi connectivity index (χ0) is 17.0. The Kier molecular flexibility index (Phi) is 6.39. The van der Waals surface area contributed by atoms with Crippen molar-refractivity contribution in [2.45, 2.75) is 49.8 Å². The van der Waals surface area contributed by atoms with Gasteiger partial charge in [0.2, 0.25) is 15.9 Å². The van der Waals surface area contributed by atoms with Crippen LogP contribution in [0.5, 0.6) is 0 Å². The molecule has 0 fully saturated rings. The normalized spacial score (nSPS) is 13.7. The Morgan fingerprint density at radius 2 is 2.00 bits per heavy atom. The Morgan fingerprint density at radius 3 is 2.41 bits per heavy atom. The van der Waals surface area contributed by atoms with Crippen molar-refractivity contribution in [1.82, 2.24) is 9.71 Å². The molecule has 0 radical (unpaired) electrons. The molecule has 1 heterocycles. The Balaban J connectivity index is 2.85. The molecule has 0 unspecified atom stereocenters. The number of carbonyl (C=O) groups excluding carboxylic acids is 1. The molecule has 1 aromatic heterocycles. The molecule has 0 aromatic carbocycles. The summed E-state index contributed by atoms with van der Waals surface area (Å²) in [7, 11) is -3.62. The van der Waals surface area contributed by atoms with Crippen molar-refractivity contribution in [2.24, 2.45) is 0 Å². The van der Waals surface area contributed by atoms with E-state index in [2.05, 4.69) is 15.0 Å². The van der Waals surface area contributed by atoms with E-state index in [0.717, 1.165) is 6.42 Å². The molecule has 0 aliphatic heterocycles. The highest BCUT2D eigenvalue weighted by Gasteiger charge is 2.22. The Bertz CT molecular complexity index is 603. The molecule has 0 aliphatic carbocycles. The van der Waals surface area contributed by atoms with Gasteiger partial charge in [-0.05, 0) is 45.6 Å². The molecular formula is C14H23N3O3S2. The standard InChI is InChI=1S/C14H23N3O3S2/c1-6-11(21-5)13(18)16-12-8-7-10(9-15-12)22(19,20)17-14(2,3)4/h7-9,11,17H,6H2,1-5H3,(H,15,16,18)/t11-/m0/s1. The second-order valence-electron chi connectivity index (χ2n) is 5.86. The van der Waals surface area contributed by atoms with Crippen molar-refractivity contribution in [3.8, 4) is 0 Å². The van der Waals surface area contributed by atoms with Crippen LogP contribution in [0.2, 0.25) is 0 Å². The summed E-state index contributed by atoms with van der Waals surface area (Å²) in [6.07, 6.45) is 3.83. The van der Waals surface area contributed by atoms with Gasteiger partial charge in [0, 0.05) is 11.7 Å². The molecule has 1 amide bonds. The Morgan fingerprint density at radius 1 is 1.36 bits per heavy atom. The SMILES string of the molecule is CC[C@H](SC)C(=O)Nc1ccc(S(=O)(=O)NC(C)(C)C)cn1. The van der Waals surface area contributed by atoms with Crippen LogP contribution in [-0.2, 0) is 14.8 Å². The molecule has 1 rings (SSSR count). The topological polar surface area (TPSA) is 88.2 Å². The number of carbonyl (C=O) groups is 1. The third kappa shape index (κ3) is 5.58. The molecular weight excluding hydrogens is 322 g/mol. The molecule has 124 valence electrons. The fraction of sp³-hybridized carbons (Fsp3) is 0.571. The van der Waals surface area contributed by atoms with Gasteiger partial charge in [-0.1, -0.05) is 6.92 Å². The highest BCUT2D eigenvalue weighted by atomic mass is 32.2. The van der Waals surface area contributed by atoms with Crippen LogP contribution in [0, 0.1) is 0 Å². The lowest BCUT2D eigenvalue weighted by atomic mass is 10.1. The molecule has 0 saturated carbocycles. The van der Waals surface area contributed by atoms with E-state index < -0.39 is 15.6 Å². The van der Waals surface area contributed by atoms with Crippen molar-refractivity contribution < 1.29 is 13.2 Å². The number of rotatable bonds is 6. The van der Waals surface area contributed by atoms with Gasteiger partial charge in [-0.3, -0.25) is 4.79 Å². The number of amides is 1. The van der Waals surface area contributed by atoms with Crippen molar-refractivity contribution in [3.05, 3.63) is 18.3 Å². The van der Waals surface area contributed by atoms with E-state index in [1.54, 1.807) is 20.8 Å². The zero-order valence-corrected chi connectivity index (χ0v) is 15.1. The molecule has 1 aromatic rings. The monoisotopic (exact) mass is 345 g/mol. The fourth-order valence-corrected chi connectivity index (χ4v) is 3.71. The molecule has 22 heavy (non-hydrogen) atoms. The van der Waals surface area contributed by atoms with Crippen LogP contribution in [0.4, 0.5) is 5.82 Å². The smallest absolute Gasteiger partial charge is 0.242 e. The number of anilines is 1. The third-order valence-electron chi connectivity index (χ3n) is 2.69. The maximum Gasteiger partial charge on any atom is 0.242 e. The van der Waals surface area contributed by atoms with E-state index in [1.807, 2.05) is 13.2 Å². The average Bonchev–Trinajstić information content (AvgIpc) is 2.38. The predicted octanol–water partition coefficient (Wildman–Crippen LogP) is 2.24. The first kappa shape index (κ1) is 18.9. The maximum atomic E-state index is 12.1. The lowest BCUT2D eigenvalue weighted by Gasteiger charge is -2.20. The third-order valence-corrected chi connectivity index (χ3v) is 5.55. The summed E-state index contributed by atoms with van der Waals surface area (Å²) in [5.74, 6) is 0.207. The van der Waals surface area contributed by atoms with Crippen LogP contribution >= 0.6 is 11.8 Å². The van der Waals surface area contributed by atoms with E-state index in [0.29, 0.717) is 5.82 Å². The molecule has 0 aliphatic rings. The number of hydrogen-bond acceptors (Lipinski definition) is 5. The van der Waals surface area contributed by atoms with Gasteiger partial charge in [0.05, 0.1) is 5.25 Å². The lowest BCUT2D eigenvalue weighted by molar-refractivity contribution is -0.115. The Hall–Kier alpha value is -1.12. The van der Waals surface area contributed by atoms with Crippen LogP contribution in [0.25, 0.3) is 0 Å². The van der Waals surface area contributed by atoms with Gasteiger partial charge in [-0.2, -0.15) is 11.8 Å². The minimum atomic E-state index is -3.62. The number of hydrogen-bond donors (Lipinski definition) is 2. The van der Waals surface area contributed by atoms with Crippen LogP contribution < -0.4 is 10.0 Å². The van der Waals surface area contributed by atoms with Crippen LogP contribution in [-0.4, -0.2) is 36.4 Å². The van der Waals surface area contributed by atoms with E-state index in [1.165, 1.54) is 30.1 Å². The quantitative estimate of drug-likeness (QED) is 0.825. The van der Waals surface area contributed by atoms with Crippen molar-refractivity contribution in [2.75, 3.05) is 11.6 Å². The second-order valence-corrected chi connectivity index (χ2v) is 8.58. The van der Waals surface area contributed by atoms with Gasteiger partial charge < -0.3 is 5.32 Å². The van der Waals surface area contributed by atoms with Gasteiger partial charge in [-0.15, -0.1) is 0 Å². The molecule has 0 spiro atoms. The largest absolute Gasteiger partial charge is 0.310 e. The molecule has 0 saturated heterocycles. The summed E-state index contributed by atoms with van der Waals surface area (Å²) in [6, 6.07) is 2.92. The second kappa shape index (κ2) is 7.43. The first-order valence-electron chi connectivity index (χ1n) is 6.92. The van der Waals surface area contributed by atoms with Crippen molar-refractivity contribution in [1.29, 1.82) is 0 Å². The molecule has 6 nitrogen and oxygen atoms in total. The van der Waals surface area contributed by atoms with Crippen LogP contribution in [0.15, 0.2) is 23.2 Å². The highest BCUT2D eigenvalue weighted by Crippen LogP contribution is 2.16. The average molecular weight is 345 g/mol.